The summed E-state index contributed by atoms with van der Waals surface area (Å²) in [6.45, 7) is 4.91. The number of hydrogen-bond donors (Lipinski definition) is 1. The lowest BCUT2D eigenvalue weighted by Gasteiger charge is -2.26. The normalized spacial score (nSPS) is 17.7. The van der Waals surface area contributed by atoms with Crippen molar-refractivity contribution >= 4 is 10.2 Å². The van der Waals surface area contributed by atoms with Gasteiger partial charge in [-0.25, -0.2) is 9.71 Å². The number of imidazole rings is 1. The third-order valence-electron chi connectivity index (χ3n) is 3.09. The van der Waals surface area contributed by atoms with Crippen molar-refractivity contribution in [3.63, 3.8) is 0 Å². The highest BCUT2D eigenvalue weighted by atomic mass is 32.2. The molecule has 2 rings (SSSR count). The third-order valence-corrected chi connectivity index (χ3v) is 4.71. The van der Waals surface area contributed by atoms with Crippen LogP contribution in [0.3, 0.4) is 0 Å². The summed E-state index contributed by atoms with van der Waals surface area (Å²) in [5.41, 5.74) is 0. The van der Waals surface area contributed by atoms with Gasteiger partial charge in [-0.1, -0.05) is 0 Å². The van der Waals surface area contributed by atoms with Crippen molar-refractivity contribution in [3.8, 4) is 0 Å². The van der Waals surface area contributed by atoms with E-state index in [0.29, 0.717) is 32.8 Å². The second kappa shape index (κ2) is 6.47. The molecule has 1 saturated heterocycles. The fourth-order valence-corrected chi connectivity index (χ4v) is 3.18. The van der Waals surface area contributed by atoms with Gasteiger partial charge in [0.25, 0.3) is 10.2 Å². The van der Waals surface area contributed by atoms with E-state index in [1.807, 2.05) is 17.7 Å². The zero-order valence-electron chi connectivity index (χ0n) is 11.1. The molecule has 0 saturated carbocycles. The molecule has 108 valence electrons. The van der Waals surface area contributed by atoms with Crippen LogP contribution in [0.5, 0.6) is 0 Å². The largest absolute Gasteiger partial charge is 0.379 e. The summed E-state index contributed by atoms with van der Waals surface area (Å²) in [6, 6.07) is 0. The molecule has 2 heterocycles. The molecule has 1 aromatic rings. The van der Waals surface area contributed by atoms with Gasteiger partial charge in [-0.05, 0) is 13.3 Å². The highest BCUT2D eigenvalue weighted by Gasteiger charge is 2.23. The molecule has 0 radical (unpaired) electrons. The minimum Gasteiger partial charge on any atom is -0.379 e. The lowest BCUT2D eigenvalue weighted by atomic mass is 10.4. The van der Waals surface area contributed by atoms with Gasteiger partial charge in [0.2, 0.25) is 0 Å². The number of nitrogens with zero attached hydrogens (tertiary/aromatic N) is 3. The molecule has 0 aromatic carbocycles. The van der Waals surface area contributed by atoms with Gasteiger partial charge in [0.1, 0.15) is 5.82 Å². The topological polar surface area (TPSA) is 76.5 Å². The summed E-state index contributed by atoms with van der Waals surface area (Å²) in [7, 11) is -3.36. The number of ether oxygens (including phenoxy) is 1. The predicted octanol–water partition coefficient (Wildman–Crippen LogP) is -0.252. The van der Waals surface area contributed by atoms with E-state index in [1.54, 1.807) is 6.20 Å². The summed E-state index contributed by atoms with van der Waals surface area (Å²) in [5.74, 6) is 0.941. The molecular formula is C11H20N4O3S. The first-order valence-corrected chi connectivity index (χ1v) is 7.84. The number of hydrogen-bond acceptors (Lipinski definition) is 4. The molecule has 1 aromatic heterocycles. The molecule has 0 aliphatic carbocycles. The summed E-state index contributed by atoms with van der Waals surface area (Å²) in [6.07, 6.45) is 4.37. The van der Waals surface area contributed by atoms with Crippen LogP contribution >= 0.6 is 0 Å². The summed E-state index contributed by atoms with van der Waals surface area (Å²) in [4.78, 5) is 4.12. The molecule has 19 heavy (non-hydrogen) atoms. The molecule has 0 bridgehead atoms. The van der Waals surface area contributed by atoms with Crippen molar-refractivity contribution < 1.29 is 13.2 Å². The van der Waals surface area contributed by atoms with Crippen LogP contribution in [0, 0.1) is 6.92 Å². The van der Waals surface area contributed by atoms with Gasteiger partial charge >= 0.3 is 0 Å². The Morgan fingerprint density at radius 1 is 1.42 bits per heavy atom. The number of aromatic nitrogens is 2. The molecule has 8 heteroatoms. The van der Waals surface area contributed by atoms with Crippen LogP contribution in [-0.4, -0.2) is 55.1 Å². The van der Waals surface area contributed by atoms with Gasteiger partial charge in [-0.3, -0.25) is 0 Å². The zero-order valence-corrected chi connectivity index (χ0v) is 11.9. The molecule has 0 amide bonds. The molecule has 1 aliphatic rings. The maximum atomic E-state index is 12.0. The van der Waals surface area contributed by atoms with Crippen molar-refractivity contribution in [1.29, 1.82) is 0 Å². The first-order valence-electron chi connectivity index (χ1n) is 6.40. The number of aryl methyl sites for hydroxylation is 2. The van der Waals surface area contributed by atoms with Crippen molar-refractivity contribution in [2.24, 2.45) is 0 Å². The fourth-order valence-electron chi connectivity index (χ4n) is 1.97. The molecule has 1 fully saturated rings. The van der Waals surface area contributed by atoms with Crippen LogP contribution in [0.25, 0.3) is 0 Å². The molecular weight excluding hydrogens is 268 g/mol. The average Bonchev–Trinajstić information content (AvgIpc) is 2.81. The van der Waals surface area contributed by atoms with Gasteiger partial charge in [0.05, 0.1) is 13.2 Å². The monoisotopic (exact) mass is 288 g/mol. The van der Waals surface area contributed by atoms with Crippen LogP contribution in [-0.2, 0) is 21.5 Å². The minimum atomic E-state index is -3.36. The van der Waals surface area contributed by atoms with Gasteiger partial charge in [0, 0.05) is 38.6 Å². The average molecular weight is 288 g/mol. The minimum absolute atomic E-state index is 0.427. The molecule has 1 aliphatic heterocycles. The molecule has 1 N–H and O–H groups in total. The Balaban J connectivity index is 1.74. The number of rotatable bonds is 6. The maximum Gasteiger partial charge on any atom is 0.279 e. The zero-order chi connectivity index (χ0) is 13.7. The lowest BCUT2D eigenvalue weighted by molar-refractivity contribution is 0.0725. The predicted molar refractivity (Wildman–Crippen MR) is 70.9 cm³/mol. The van der Waals surface area contributed by atoms with E-state index in [4.69, 9.17) is 4.74 Å². The van der Waals surface area contributed by atoms with Crippen LogP contribution in [0.1, 0.15) is 12.2 Å². The van der Waals surface area contributed by atoms with Crippen molar-refractivity contribution in [3.05, 3.63) is 18.2 Å². The van der Waals surface area contributed by atoms with E-state index >= 15 is 0 Å². The Morgan fingerprint density at radius 3 is 2.79 bits per heavy atom. The summed E-state index contributed by atoms with van der Waals surface area (Å²) < 4.78 is 35.1. The van der Waals surface area contributed by atoms with E-state index in [-0.39, 0.29) is 0 Å². The van der Waals surface area contributed by atoms with Crippen LogP contribution in [0.15, 0.2) is 12.4 Å². The van der Waals surface area contributed by atoms with Crippen LogP contribution in [0.2, 0.25) is 0 Å². The quantitative estimate of drug-likeness (QED) is 0.732. The first-order chi connectivity index (χ1) is 9.09. The Morgan fingerprint density at radius 2 is 2.16 bits per heavy atom. The van der Waals surface area contributed by atoms with Crippen LogP contribution < -0.4 is 4.72 Å². The standard InChI is InChI=1S/C11H20N4O3S/c1-11-12-4-6-14(11)5-2-3-13-19(16,17)15-7-9-18-10-8-15/h4,6,13H,2-3,5,7-10H2,1H3. The van der Waals surface area contributed by atoms with E-state index in [9.17, 15) is 8.42 Å². The van der Waals surface area contributed by atoms with E-state index in [1.165, 1.54) is 4.31 Å². The first kappa shape index (κ1) is 14.4. The smallest absolute Gasteiger partial charge is 0.279 e. The lowest BCUT2D eigenvalue weighted by Crippen LogP contribution is -2.46. The van der Waals surface area contributed by atoms with Crippen molar-refractivity contribution in [2.45, 2.75) is 19.9 Å². The number of nitrogens with one attached hydrogen (secondary N) is 1. The van der Waals surface area contributed by atoms with E-state index < -0.39 is 10.2 Å². The van der Waals surface area contributed by atoms with Gasteiger partial charge < -0.3 is 9.30 Å². The van der Waals surface area contributed by atoms with E-state index in [2.05, 4.69) is 9.71 Å². The third kappa shape index (κ3) is 4.00. The highest BCUT2D eigenvalue weighted by molar-refractivity contribution is 7.87. The van der Waals surface area contributed by atoms with Gasteiger partial charge in [-0.2, -0.15) is 12.7 Å². The van der Waals surface area contributed by atoms with Gasteiger partial charge in [-0.15, -0.1) is 0 Å². The SMILES string of the molecule is Cc1nccn1CCCNS(=O)(=O)N1CCOCC1. The number of morpholine rings is 1. The molecule has 7 nitrogen and oxygen atoms in total. The Hall–Kier alpha value is -0.960. The highest BCUT2D eigenvalue weighted by Crippen LogP contribution is 2.03. The fraction of sp³-hybridized carbons (Fsp3) is 0.727. The molecule has 0 atom stereocenters. The summed E-state index contributed by atoms with van der Waals surface area (Å²) >= 11 is 0. The van der Waals surface area contributed by atoms with E-state index in [0.717, 1.165) is 18.8 Å². The molecule has 0 spiro atoms. The van der Waals surface area contributed by atoms with Crippen molar-refractivity contribution in [2.75, 3.05) is 32.8 Å². The van der Waals surface area contributed by atoms with Crippen LogP contribution in [0.4, 0.5) is 0 Å². The Bertz CT molecular complexity index is 494. The van der Waals surface area contributed by atoms with Crippen molar-refractivity contribution in [1.82, 2.24) is 18.6 Å². The molecule has 0 unspecified atom stereocenters. The second-order valence-corrected chi connectivity index (χ2v) is 6.19. The Kier molecular flexibility index (Phi) is 4.92. The Labute approximate surface area is 113 Å². The summed E-state index contributed by atoms with van der Waals surface area (Å²) in [5, 5.41) is 0. The van der Waals surface area contributed by atoms with Gasteiger partial charge in [0.15, 0.2) is 0 Å². The second-order valence-electron chi connectivity index (χ2n) is 4.43. The maximum absolute atomic E-state index is 12.0.